The molecule has 4 aliphatic carbocycles. The van der Waals surface area contributed by atoms with Gasteiger partial charge >= 0.3 is 0 Å². The van der Waals surface area contributed by atoms with Crippen LogP contribution < -0.4 is 10.6 Å². The molecule has 4 rings (SSSR count). The van der Waals surface area contributed by atoms with E-state index in [0.717, 1.165) is 29.7 Å². The molecule has 0 aliphatic heterocycles. The summed E-state index contributed by atoms with van der Waals surface area (Å²) in [7, 11) is 0. The summed E-state index contributed by atoms with van der Waals surface area (Å²) in [5.74, 6) is 3.33. The Kier molecular flexibility index (Phi) is 4.48. The summed E-state index contributed by atoms with van der Waals surface area (Å²) in [6.45, 7) is 6.91. The maximum absolute atomic E-state index is 3.68. The fourth-order valence-corrected chi connectivity index (χ4v) is 5.59. The van der Waals surface area contributed by atoms with Crippen molar-refractivity contribution in [3.05, 3.63) is 0 Å². The van der Waals surface area contributed by atoms with Crippen LogP contribution >= 0.6 is 0 Å². The molecule has 4 bridgehead atoms. The first-order valence-corrected chi connectivity index (χ1v) is 8.71. The number of hydrogen-bond acceptors (Lipinski definition) is 2. The Morgan fingerprint density at radius 3 is 2.00 bits per heavy atom. The van der Waals surface area contributed by atoms with Gasteiger partial charge in [-0.15, -0.1) is 0 Å². The van der Waals surface area contributed by atoms with Gasteiger partial charge in [0.25, 0.3) is 0 Å². The van der Waals surface area contributed by atoms with Crippen LogP contribution in [0, 0.1) is 23.2 Å². The van der Waals surface area contributed by atoms with E-state index in [2.05, 4.69) is 17.6 Å². The second-order valence-electron chi connectivity index (χ2n) is 7.62. The first kappa shape index (κ1) is 13.9. The monoisotopic (exact) mass is 264 g/mol. The third-order valence-corrected chi connectivity index (χ3v) is 5.95. The summed E-state index contributed by atoms with van der Waals surface area (Å²) in [6, 6.07) is 0. The van der Waals surface area contributed by atoms with Gasteiger partial charge < -0.3 is 10.6 Å². The highest BCUT2D eigenvalue weighted by Gasteiger charge is 2.50. The van der Waals surface area contributed by atoms with Crippen LogP contribution in [0.5, 0.6) is 0 Å². The summed E-state index contributed by atoms with van der Waals surface area (Å²) in [6.07, 6.45) is 12.2. The van der Waals surface area contributed by atoms with E-state index in [4.69, 9.17) is 0 Å². The van der Waals surface area contributed by atoms with E-state index in [-0.39, 0.29) is 0 Å². The summed E-state index contributed by atoms with van der Waals surface area (Å²) >= 11 is 0. The second-order valence-corrected chi connectivity index (χ2v) is 7.62. The highest BCUT2D eigenvalue weighted by molar-refractivity contribution is 5.01. The van der Waals surface area contributed by atoms with Crippen molar-refractivity contribution in [3.63, 3.8) is 0 Å². The van der Waals surface area contributed by atoms with Crippen molar-refractivity contribution >= 4 is 0 Å². The normalized spacial score (nSPS) is 39.9. The maximum Gasteiger partial charge on any atom is -0.00368 e. The van der Waals surface area contributed by atoms with Crippen LogP contribution in [0.15, 0.2) is 0 Å². The lowest BCUT2D eigenvalue weighted by Gasteiger charge is -2.57. The Balaban J connectivity index is 1.36. The average molecular weight is 264 g/mol. The van der Waals surface area contributed by atoms with Gasteiger partial charge in [-0.3, -0.25) is 0 Å². The molecule has 0 unspecified atom stereocenters. The van der Waals surface area contributed by atoms with Gasteiger partial charge in [-0.25, -0.2) is 0 Å². The number of nitrogens with one attached hydrogen (secondary N) is 2. The van der Waals surface area contributed by atoms with Crippen molar-refractivity contribution in [1.82, 2.24) is 10.6 Å². The minimum absolute atomic E-state index is 0.767. The molecule has 4 aliphatic rings. The van der Waals surface area contributed by atoms with Crippen LogP contribution in [0.2, 0.25) is 0 Å². The topological polar surface area (TPSA) is 24.1 Å². The Morgan fingerprint density at radius 1 is 0.842 bits per heavy atom. The van der Waals surface area contributed by atoms with E-state index in [1.54, 1.807) is 38.5 Å². The van der Waals surface area contributed by atoms with Gasteiger partial charge in [-0.1, -0.05) is 6.92 Å². The fraction of sp³-hybridized carbons (Fsp3) is 1.00. The molecule has 0 aromatic rings. The second kappa shape index (κ2) is 6.13. The molecule has 0 atom stereocenters. The highest BCUT2D eigenvalue weighted by Crippen LogP contribution is 2.61. The zero-order valence-electron chi connectivity index (χ0n) is 12.7. The molecule has 0 heterocycles. The Labute approximate surface area is 119 Å². The molecule has 110 valence electrons. The average Bonchev–Trinajstić information content (AvgIpc) is 2.36. The van der Waals surface area contributed by atoms with E-state index in [1.807, 2.05) is 0 Å². The molecule has 0 amide bonds. The van der Waals surface area contributed by atoms with Crippen molar-refractivity contribution < 1.29 is 0 Å². The fourth-order valence-electron chi connectivity index (χ4n) is 5.59. The Morgan fingerprint density at radius 2 is 1.42 bits per heavy atom. The highest BCUT2D eigenvalue weighted by atomic mass is 14.9. The maximum atomic E-state index is 3.68. The van der Waals surface area contributed by atoms with Gasteiger partial charge in [0.15, 0.2) is 0 Å². The first-order chi connectivity index (χ1) is 9.30. The molecule has 0 saturated heterocycles. The van der Waals surface area contributed by atoms with Crippen molar-refractivity contribution in [3.8, 4) is 0 Å². The molecule has 0 aromatic heterocycles. The molecule has 0 spiro atoms. The lowest BCUT2D eigenvalue weighted by Crippen LogP contribution is -2.47. The molecular weight excluding hydrogens is 232 g/mol. The molecule has 2 nitrogen and oxygen atoms in total. The van der Waals surface area contributed by atoms with Gasteiger partial charge in [0.05, 0.1) is 0 Å². The quantitative estimate of drug-likeness (QED) is 0.658. The van der Waals surface area contributed by atoms with Gasteiger partial charge in [-0.05, 0) is 101 Å². The zero-order valence-corrected chi connectivity index (χ0v) is 12.7. The summed E-state index contributed by atoms with van der Waals surface area (Å²) in [5.41, 5.74) is 0.767. The van der Waals surface area contributed by atoms with E-state index < -0.39 is 0 Å². The lowest BCUT2D eigenvalue weighted by molar-refractivity contribution is -0.0567. The van der Waals surface area contributed by atoms with E-state index in [9.17, 15) is 0 Å². The lowest BCUT2D eigenvalue weighted by atomic mass is 9.49. The zero-order chi connectivity index (χ0) is 13.1. The van der Waals surface area contributed by atoms with Gasteiger partial charge in [-0.2, -0.15) is 0 Å². The van der Waals surface area contributed by atoms with Crippen LogP contribution in [0.3, 0.4) is 0 Å². The molecule has 4 saturated carbocycles. The van der Waals surface area contributed by atoms with Crippen molar-refractivity contribution in [2.24, 2.45) is 23.2 Å². The Bertz CT molecular complexity index is 252. The predicted octanol–water partition coefficient (Wildman–Crippen LogP) is 3.18. The molecule has 0 radical (unpaired) electrons. The van der Waals surface area contributed by atoms with Gasteiger partial charge in [0, 0.05) is 0 Å². The molecule has 4 fully saturated rings. The largest absolute Gasteiger partial charge is 0.317 e. The van der Waals surface area contributed by atoms with Crippen LogP contribution in [-0.4, -0.2) is 26.2 Å². The summed E-state index contributed by atoms with van der Waals surface area (Å²) in [4.78, 5) is 0. The van der Waals surface area contributed by atoms with Crippen LogP contribution in [0.25, 0.3) is 0 Å². The number of hydrogen-bond donors (Lipinski definition) is 2. The van der Waals surface area contributed by atoms with Crippen LogP contribution in [0.4, 0.5) is 0 Å². The Hall–Kier alpha value is -0.0800. The van der Waals surface area contributed by atoms with Gasteiger partial charge in [0.1, 0.15) is 0 Å². The molecule has 2 heteroatoms. The first-order valence-electron chi connectivity index (χ1n) is 8.71. The minimum Gasteiger partial charge on any atom is -0.317 e. The number of rotatable bonds is 8. The SMILES string of the molecule is CCNCCCNCCC12CC3CC(CC(C3)C1)C2. The molecular formula is C17H32N2. The third-order valence-electron chi connectivity index (χ3n) is 5.95. The summed E-state index contributed by atoms with van der Waals surface area (Å²) < 4.78 is 0. The van der Waals surface area contributed by atoms with Gasteiger partial charge in [0.2, 0.25) is 0 Å². The minimum atomic E-state index is 0.767. The third kappa shape index (κ3) is 3.33. The molecule has 19 heavy (non-hydrogen) atoms. The van der Waals surface area contributed by atoms with E-state index in [0.29, 0.717) is 0 Å². The molecule has 2 N–H and O–H groups in total. The van der Waals surface area contributed by atoms with Crippen molar-refractivity contribution in [2.75, 3.05) is 26.2 Å². The van der Waals surface area contributed by atoms with Crippen molar-refractivity contribution in [1.29, 1.82) is 0 Å². The summed E-state index contributed by atoms with van der Waals surface area (Å²) in [5, 5.41) is 7.07. The standard InChI is InChI=1S/C17H32N2/c1-2-18-5-3-6-19-7-4-17-11-14-8-15(12-17)10-16(9-14)13-17/h14-16,18-19H,2-13H2,1H3. The van der Waals surface area contributed by atoms with Crippen LogP contribution in [0.1, 0.15) is 58.3 Å². The van der Waals surface area contributed by atoms with E-state index in [1.165, 1.54) is 32.5 Å². The smallest absolute Gasteiger partial charge is 0.00368 e. The van der Waals surface area contributed by atoms with Crippen molar-refractivity contribution in [2.45, 2.75) is 58.3 Å². The molecule has 0 aromatic carbocycles. The van der Waals surface area contributed by atoms with E-state index >= 15 is 0 Å². The van der Waals surface area contributed by atoms with Crippen LogP contribution in [-0.2, 0) is 0 Å². The predicted molar refractivity (Wildman–Crippen MR) is 81.3 cm³/mol.